The fraction of sp³-hybridized carbons (Fsp3) is 0.0426. The predicted octanol–water partition coefficient (Wildman–Crippen LogP) is 10.7. The van der Waals surface area contributed by atoms with Crippen molar-refractivity contribution in [1.82, 2.24) is 0 Å². The van der Waals surface area contributed by atoms with E-state index in [0.29, 0.717) is 5.90 Å². The van der Waals surface area contributed by atoms with Crippen molar-refractivity contribution in [2.24, 2.45) is 4.99 Å². The third kappa shape index (κ3) is 5.49. The third-order valence-corrected chi connectivity index (χ3v) is 12.1. The Morgan fingerprint density at radius 2 is 0.900 bits per heavy atom. The molecule has 1 heterocycles. The molecular formula is C47H34NOP. The first-order valence-corrected chi connectivity index (χ1v) is 18.5. The number of nitrogens with zero attached hydrogens (tertiary/aromatic N) is 1. The summed E-state index contributed by atoms with van der Waals surface area (Å²) in [5.41, 5.74) is 5.66. The quantitative estimate of drug-likeness (QED) is 0.156. The summed E-state index contributed by atoms with van der Waals surface area (Å²) in [6.07, 6.45) is -0.245. The summed E-state index contributed by atoms with van der Waals surface area (Å²) < 4.78 is 7.05. The number of hydrogen-bond acceptors (Lipinski definition) is 2. The fourth-order valence-corrected chi connectivity index (χ4v) is 9.82. The van der Waals surface area contributed by atoms with Gasteiger partial charge >= 0.3 is 0 Å². The van der Waals surface area contributed by atoms with Crippen molar-refractivity contribution in [3.63, 3.8) is 0 Å². The highest BCUT2D eigenvalue weighted by atomic mass is 31.1. The molecule has 0 bridgehead atoms. The Morgan fingerprint density at radius 1 is 0.420 bits per heavy atom. The zero-order chi connectivity index (χ0) is 33.3. The van der Waals surface area contributed by atoms with Crippen LogP contribution in [0.15, 0.2) is 199 Å². The fourth-order valence-electron chi connectivity index (χ4n) is 7.34. The van der Waals surface area contributed by atoms with E-state index in [1.54, 1.807) is 0 Å². The van der Waals surface area contributed by atoms with Crippen LogP contribution in [0.5, 0.6) is 0 Å². The SMILES string of the molecule is c1ccc([C@H]2N=C(c3ccc4ccccc4c3-c3c(P(c4ccccc4)c4ccccc4)ccc4ccccc34)O[C@H]2c2ccccc2)cc1. The van der Waals surface area contributed by atoms with E-state index in [9.17, 15) is 0 Å². The molecular weight excluding hydrogens is 625 g/mol. The van der Waals surface area contributed by atoms with E-state index in [4.69, 9.17) is 9.73 Å². The lowest BCUT2D eigenvalue weighted by Crippen LogP contribution is -2.23. The zero-order valence-corrected chi connectivity index (χ0v) is 28.3. The van der Waals surface area contributed by atoms with Gasteiger partial charge in [0, 0.05) is 11.1 Å². The number of fused-ring (bicyclic) bond motifs is 2. The molecule has 0 amide bonds. The minimum absolute atomic E-state index is 0.175. The van der Waals surface area contributed by atoms with Crippen molar-refractivity contribution >= 4 is 51.3 Å². The van der Waals surface area contributed by atoms with Crippen molar-refractivity contribution in [3.05, 3.63) is 211 Å². The van der Waals surface area contributed by atoms with Crippen molar-refractivity contribution in [2.75, 3.05) is 0 Å². The highest BCUT2D eigenvalue weighted by Crippen LogP contribution is 2.46. The first kappa shape index (κ1) is 30.3. The summed E-state index contributed by atoms with van der Waals surface area (Å²) in [4.78, 5) is 5.45. The summed E-state index contributed by atoms with van der Waals surface area (Å²) >= 11 is 0. The number of rotatable bonds is 7. The molecule has 1 aliphatic rings. The second kappa shape index (κ2) is 13.2. The van der Waals surface area contributed by atoms with Crippen molar-refractivity contribution in [1.29, 1.82) is 0 Å². The van der Waals surface area contributed by atoms with Crippen molar-refractivity contribution < 1.29 is 4.74 Å². The largest absolute Gasteiger partial charge is 0.467 e. The highest BCUT2D eigenvalue weighted by Gasteiger charge is 2.36. The van der Waals surface area contributed by atoms with E-state index in [1.165, 1.54) is 43.0 Å². The molecule has 2 nitrogen and oxygen atoms in total. The van der Waals surface area contributed by atoms with Crippen LogP contribution >= 0.6 is 7.92 Å². The molecule has 0 unspecified atom stereocenters. The van der Waals surface area contributed by atoms with E-state index in [2.05, 4.69) is 194 Å². The monoisotopic (exact) mass is 659 g/mol. The van der Waals surface area contributed by atoms with Crippen molar-refractivity contribution in [3.8, 4) is 11.1 Å². The molecule has 0 fully saturated rings. The Balaban J connectivity index is 1.34. The maximum absolute atomic E-state index is 7.05. The third-order valence-electron chi connectivity index (χ3n) is 9.64. The summed E-state index contributed by atoms with van der Waals surface area (Å²) in [5, 5.41) is 8.74. The van der Waals surface area contributed by atoms with Gasteiger partial charge in [-0.15, -0.1) is 0 Å². The van der Waals surface area contributed by atoms with Gasteiger partial charge in [-0.1, -0.05) is 188 Å². The summed E-state index contributed by atoms with van der Waals surface area (Å²) in [7, 11) is -0.914. The molecule has 0 spiro atoms. The second-order valence-corrected chi connectivity index (χ2v) is 14.8. The molecule has 0 N–H and O–H groups in total. The Kier molecular flexibility index (Phi) is 8.01. The molecule has 238 valence electrons. The molecule has 0 radical (unpaired) electrons. The van der Waals surface area contributed by atoms with Crippen LogP contribution < -0.4 is 15.9 Å². The van der Waals surface area contributed by atoms with Crippen LogP contribution in [0, 0.1) is 0 Å². The van der Waals surface area contributed by atoms with Gasteiger partial charge in [-0.25, -0.2) is 4.99 Å². The van der Waals surface area contributed by atoms with E-state index in [1.807, 2.05) is 0 Å². The van der Waals surface area contributed by atoms with Gasteiger partial charge in [0.25, 0.3) is 0 Å². The molecule has 0 aromatic heterocycles. The lowest BCUT2D eigenvalue weighted by molar-refractivity contribution is 0.197. The predicted molar refractivity (Wildman–Crippen MR) is 212 cm³/mol. The minimum Gasteiger partial charge on any atom is -0.467 e. The number of ether oxygens (including phenoxy) is 1. The van der Waals surface area contributed by atoms with Gasteiger partial charge in [0.2, 0.25) is 5.90 Å². The molecule has 1 aliphatic heterocycles. The summed E-state index contributed by atoms with van der Waals surface area (Å²) in [6.45, 7) is 0. The molecule has 0 saturated heterocycles. The van der Waals surface area contributed by atoms with Crippen LogP contribution in [0.3, 0.4) is 0 Å². The lowest BCUT2D eigenvalue weighted by Gasteiger charge is -2.26. The van der Waals surface area contributed by atoms with Gasteiger partial charge in [-0.05, 0) is 68.1 Å². The van der Waals surface area contributed by atoms with Crippen molar-refractivity contribution in [2.45, 2.75) is 12.1 Å². The first-order chi connectivity index (χ1) is 24.8. The number of aliphatic imine (C=N–C) groups is 1. The first-order valence-electron chi connectivity index (χ1n) is 17.1. The Hall–Kier alpha value is -5.82. The lowest BCUT2D eigenvalue weighted by atomic mass is 9.90. The summed E-state index contributed by atoms with van der Waals surface area (Å²) in [5.74, 6) is 0.677. The molecule has 9 rings (SSSR count). The standard InChI is InChI=1S/C47H34NOP/c1-5-19-35(20-6-1)45-46(36-21-7-2-8-22-36)49-47(48-45)41-31-29-33-17-13-15-27-39(33)43(41)44-40-28-16-14-18-34(40)30-32-42(44)50(37-23-9-3-10-24-37)38-25-11-4-12-26-38/h1-32,45-46H/t45-,46+/m1/s1. The van der Waals surface area contributed by atoms with Crippen LogP contribution in [-0.2, 0) is 4.74 Å². The molecule has 2 atom stereocenters. The van der Waals surface area contributed by atoms with Crippen LogP contribution in [0.2, 0.25) is 0 Å². The van der Waals surface area contributed by atoms with Crippen LogP contribution in [-0.4, -0.2) is 5.90 Å². The minimum atomic E-state index is -0.914. The highest BCUT2D eigenvalue weighted by molar-refractivity contribution is 7.80. The average Bonchev–Trinajstić information content (AvgIpc) is 3.65. The van der Waals surface area contributed by atoms with E-state index in [-0.39, 0.29) is 12.1 Å². The number of hydrogen-bond donors (Lipinski definition) is 0. The Morgan fingerprint density at radius 3 is 1.50 bits per heavy atom. The van der Waals surface area contributed by atoms with E-state index < -0.39 is 7.92 Å². The molecule has 8 aromatic carbocycles. The second-order valence-electron chi connectivity index (χ2n) is 12.6. The molecule has 0 saturated carbocycles. The van der Waals surface area contributed by atoms with Gasteiger partial charge < -0.3 is 4.74 Å². The summed E-state index contributed by atoms with van der Waals surface area (Å²) in [6, 6.07) is 69.5. The maximum Gasteiger partial charge on any atom is 0.218 e. The van der Waals surface area contributed by atoms with Gasteiger partial charge in [-0.2, -0.15) is 0 Å². The molecule has 50 heavy (non-hydrogen) atoms. The zero-order valence-electron chi connectivity index (χ0n) is 27.4. The van der Waals surface area contributed by atoms with Gasteiger partial charge in [-0.3, -0.25) is 0 Å². The molecule has 8 aromatic rings. The van der Waals surface area contributed by atoms with Gasteiger partial charge in [0.05, 0.1) is 0 Å². The van der Waals surface area contributed by atoms with Gasteiger partial charge in [0.1, 0.15) is 6.04 Å². The molecule has 3 heteroatoms. The normalized spacial score (nSPS) is 15.7. The van der Waals surface area contributed by atoms with Crippen LogP contribution in [0.1, 0.15) is 28.8 Å². The van der Waals surface area contributed by atoms with Crippen LogP contribution in [0.25, 0.3) is 32.7 Å². The topological polar surface area (TPSA) is 21.6 Å². The molecule has 0 aliphatic carbocycles. The number of benzene rings is 8. The Labute approximate surface area is 294 Å². The van der Waals surface area contributed by atoms with Gasteiger partial charge in [0.15, 0.2) is 6.10 Å². The van der Waals surface area contributed by atoms with Crippen LogP contribution in [0.4, 0.5) is 0 Å². The van der Waals surface area contributed by atoms with E-state index >= 15 is 0 Å². The smallest absolute Gasteiger partial charge is 0.218 e. The Bertz CT molecular complexity index is 2420. The average molecular weight is 660 g/mol. The van der Waals surface area contributed by atoms with E-state index in [0.717, 1.165) is 22.3 Å². The maximum atomic E-state index is 7.05.